The number of hydrogen-bond donors (Lipinski definition) is 1. The lowest BCUT2D eigenvalue weighted by Gasteiger charge is -2.29. The third-order valence-electron chi connectivity index (χ3n) is 3.76. The van der Waals surface area contributed by atoms with Crippen molar-refractivity contribution in [1.29, 1.82) is 0 Å². The second-order valence-electron chi connectivity index (χ2n) is 4.89. The van der Waals surface area contributed by atoms with Gasteiger partial charge >= 0.3 is 0 Å². The Morgan fingerprint density at radius 1 is 1.12 bits per heavy atom. The van der Waals surface area contributed by atoms with Crippen LogP contribution < -0.4 is 10.1 Å². The molecular formula is C18H26N2O4. The molecule has 0 aliphatic carbocycles. The van der Waals surface area contributed by atoms with Crippen molar-refractivity contribution in [2.45, 2.75) is 53.1 Å². The molecule has 0 radical (unpaired) electrons. The molecule has 1 aromatic carbocycles. The van der Waals surface area contributed by atoms with Crippen LogP contribution in [-0.2, 0) is 16.1 Å². The van der Waals surface area contributed by atoms with E-state index in [4.69, 9.17) is 4.74 Å². The summed E-state index contributed by atoms with van der Waals surface area (Å²) in [6, 6.07) is 4.69. The fourth-order valence-electron chi connectivity index (χ4n) is 2.75. The van der Waals surface area contributed by atoms with E-state index in [1.54, 1.807) is 25.3 Å². The molecule has 1 saturated heterocycles. The van der Waals surface area contributed by atoms with Crippen LogP contribution in [-0.4, -0.2) is 35.8 Å². The second kappa shape index (κ2) is 9.05. The molecule has 3 amide bonds. The molecule has 1 unspecified atom stereocenters. The summed E-state index contributed by atoms with van der Waals surface area (Å²) in [5.74, 6) is -0.228. The zero-order chi connectivity index (χ0) is 18.3. The number of methoxy groups -OCH3 is 1. The number of carbonyl (C=O) groups is 3. The third-order valence-corrected chi connectivity index (χ3v) is 3.76. The van der Waals surface area contributed by atoms with E-state index in [1.165, 1.54) is 4.90 Å². The van der Waals surface area contributed by atoms with Gasteiger partial charge in [-0.3, -0.25) is 19.7 Å². The van der Waals surface area contributed by atoms with Crippen LogP contribution in [0.4, 0.5) is 0 Å². The van der Waals surface area contributed by atoms with Crippen molar-refractivity contribution in [1.82, 2.24) is 10.2 Å². The number of benzene rings is 1. The molecule has 2 heterocycles. The number of rotatable bonds is 2. The maximum atomic E-state index is 12.4. The quantitative estimate of drug-likeness (QED) is 0.843. The number of carbonyl (C=O) groups excluding carboxylic acids is 3. The first-order valence-corrected chi connectivity index (χ1v) is 8.42. The van der Waals surface area contributed by atoms with E-state index >= 15 is 0 Å². The summed E-state index contributed by atoms with van der Waals surface area (Å²) >= 11 is 0. The molecule has 1 N–H and O–H groups in total. The average Bonchev–Trinajstić information content (AvgIpc) is 2.95. The van der Waals surface area contributed by atoms with Crippen molar-refractivity contribution >= 4 is 17.7 Å². The highest BCUT2D eigenvalue weighted by Gasteiger charge is 2.39. The van der Waals surface area contributed by atoms with E-state index in [2.05, 4.69) is 5.32 Å². The largest absolute Gasteiger partial charge is 0.496 e. The standard InChI is InChI=1S/C14H14N2O4.2C2H6/c1-20-11-4-2-3-8-9(11)7-16(14(8)19)10-5-6-12(17)15-13(10)18;2*1-2/h2-4,10H,5-7H2,1H3,(H,15,17,18);2*1-2H3. The number of fused-ring (bicyclic) bond motifs is 1. The number of nitrogens with one attached hydrogen (secondary N) is 1. The van der Waals surface area contributed by atoms with E-state index in [0.717, 1.165) is 5.56 Å². The highest BCUT2D eigenvalue weighted by atomic mass is 16.5. The first-order chi connectivity index (χ1) is 11.6. The van der Waals surface area contributed by atoms with Crippen LogP contribution in [0, 0.1) is 0 Å². The fraction of sp³-hybridized carbons (Fsp3) is 0.500. The lowest BCUT2D eigenvalue weighted by molar-refractivity contribution is -0.136. The van der Waals surface area contributed by atoms with Crippen LogP contribution in [0.1, 0.15) is 56.5 Å². The molecule has 2 aliphatic rings. The highest BCUT2D eigenvalue weighted by molar-refractivity contribution is 6.05. The Morgan fingerprint density at radius 2 is 1.79 bits per heavy atom. The van der Waals surface area contributed by atoms with Gasteiger partial charge in [-0.15, -0.1) is 0 Å². The molecule has 3 rings (SSSR count). The maximum Gasteiger partial charge on any atom is 0.255 e. The summed E-state index contributed by atoms with van der Waals surface area (Å²) in [7, 11) is 1.55. The lowest BCUT2D eigenvalue weighted by atomic mass is 10.0. The number of piperidine rings is 1. The van der Waals surface area contributed by atoms with Crippen molar-refractivity contribution < 1.29 is 19.1 Å². The normalized spacial score (nSPS) is 18.6. The summed E-state index contributed by atoms with van der Waals surface area (Å²) in [5.41, 5.74) is 1.36. The monoisotopic (exact) mass is 334 g/mol. The molecule has 0 saturated carbocycles. The van der Waals surface area contributed by atoms with E-state index < -0.39 is 11.9 Å². The molecule has 0 spiro atoms. The Morgan fingerprint density at radius 3 is 2.38 bits per heavy atom. The molecule has 0 bridgehead atoms. The number of hydrogen-bond acceptors (Lipinski definition) is 4. The third kappa shape index (κ3) is 3.75. The minimum atomic E-state index is -0.586. The Bertz CT molecular complexity index is 613. The molecule has 1 aromatic rings. The zero-order valence-corrected chi connectivity index (χ0v) is 15.0. The van der Waals surface area contributed by atoms with Crippen LogP contribution >= 0.6 is 0 Å². The topological polar surface area (TPSA) is 75.7 Å². The van der Waals surface area contributed by atoms with Crippen LogP contribution in [0.25, 0.3) is 0 Å². The molecule has 2 aliphatic heterocycles. The van der Waals surface area contributed by atoms with Crippen LogP contribution in [0.15, 0.2) is 18.2 Å². The maximum absolute atomic E-state index is 12.4. The lowest BCUT2D eigenvalue weighted by Crippen LogP contribution is -2.52. The molecule has 24 heavy (non-hydrogen) atoms. The Balaban J connectivity index is 0.000000671. The van der Waals surface area contributed by atoms with Crippen molar-refractivity contribution in [2.24, 2.45) is 0 Å². The van der Waals surface area contributed by atoms with E-state index in [9.17, 15) is 14.4 Å². The molecule has 1 fully saturated rings. The summed E-state index contributed by atoms with van der Waals surface area (Å²) in [6.07, 6.45) is 0.625. The van der Waals surface area contributed by atoms with Gasteiger partial charge in [0.1, 0.15) is 11.8 Å². The van der Waals surface area contributed by atoms with E-state index in [1.807, 2.05) is 27.7 Å². The molecule has 0 aromatic heterocycles. The average molecular weight is 334 g/mol. The Kier molecular flexibility index (Phi) is 7.42. The van der Waals surface area contributed by atoms with Gasteiger partial charge in [0.15, 0.2) is 0 Å². The van der Waals surface area contributed by atoms with Gasteiger partial charge in [-0.05, 0) is 18.6 Å². The Labute approximate surface area is 143 Å². The molecule has 6 heteroatoms. The van der Waals surface area contributed by atoms with Gasteiger partial charge in [0.2, 0.25) is 11.8 Å². The summed E-state index contributed by atoms with van der Waals surface area (Å²) in [6.45, 7) is 8.34. The number of nitrogens with zero attached hydrogens (tertiary/aromatic N) is 1. The van der Waals surface area contributed by atoms with E-state index in [-0.39, 0.29) is 18.2 Å². The molecular weight excluding hydrogens is 308 g/mol. The second-order valence-corrected chi connectivity index (χ2v) is 4.89. The Hall–Kier alpha value is -2.37. The van der Waals surface area contributed by atoms with Crippen molar-refractivity contribution in [3.8, 4) is 5.75 Å². The van der Waals surface area contributed by atoms with E-state index in [0.29, 0.717) is 24.3 Å². The van der Waals surface area contributed by atoms with Crippen molar-refractivity contribution in [2.75, 3.05) is 7.11 Å². The first-order valence-electron chi connectivity index (χ1n) is 8.42. The zero-order valence-electron chi connectivity index (χ0n) is 15.0. The number of amides is 3. The number of imide groups is 1. The van der Waals surface area contributed by atoms with Crippen molar-refractivity contribution in [3.05, 3.63) is 29.3 Å². The summed E-state index contributed by atoms with van der Waals surface area (Å²) in [4.78, 5) is 37.0. The summed E-state index contributed by atoms with van der Waals surface area (Å²) in [5, 5.41) is 2.28. The SMILES string of the molecule is CC.CC.COc1cccc2c1CN(C1CCC(=O)NC1=O)C2=O. The smallest absolute Gasteiger partial charge is 0.255 e. The summed E-state index contributed by atoms with van der Waals surface area (Å²) < 4.78 is 5.25. The predicted octanol–water partition coefficient (Wildman–Crippen LogP) is 2.51. The van der Waals surface area contributed by atoms with Gasteiger partial charge in [0.05, 0.1) is 13.7 Å². The van der Waals surface area contributed by atoms with Gasteiger partial charge in [-0.2, -0.15) is 0 Å². The van der Waals surface area contributed by atoms with Gasteiger partial charge in [-0.1, -0.05) is 33.8 Å². The van der Waals surface area contributed by atoms with Crippen LogP contribution in [0.3, 0.4) is 0 Å². The van der Waals surface area contributed by atoms with Crippen molar-refractivity contribution in [3.63, 3.8) is 0 Å². The molecule has 1 atom stereocenters. The minimum absolute atomic E-state index is 0.187. The van der Waals surface area contributed by atoms with Crippen LogP contribution in [0.5, 0.6) is 5.75 Å². The highest BCUT2D eigenvalue weighted by Crippen LogP contribution is 2.33. The van der Waals surface area contributed by atoms with Gasteiger partial charge in [0.25, 0.3) is 5.91 Å². The first kappa shape index (κ1) is 19.7. The van der Waals surface area contributed by atoms with Gasteiger partial charge < -0.3 is 9.64 Å². The number of ether oxygens (including phenoxy) is 1. The van der Waals surface area contributed by atoms with Gasteiger partial charge in [0, 0.05) is 17.5 Å². The predicted molar refractivity (Wildman–Crippen MR) is 91.7 cm³/mol. The van der Waals surface area contributed by atoms with Gasteiger partial charge in [-0.25, -0.2) is 0 Å². The van der Waals surface area contributed by atoms with Crippen LogP contribution in [0.2, 0.25) is 0 Å². The molecule has 132 valence electrons. The minimum Gasteiger partial charge on any atom is -0.496 e. The molecule has 6 nitrogen and oxygen atoms in total. The fourth-order valence-corrected chi connectivity index (χ4v) is 2.75.